The molecule has 16 heavy (non-hydrogen) atoms. The van der Waals surface area contributed by atoms with E-state index in [0.29, 0.717) is 10.3 Å². The fraction of sp³-hybridized carbons (Fsp3) is 0.600. The summed E-state index contributed by atoms with van der Waals surface area (Å²) < 4.78 is 0.498. The maximum atomic E-state index is 11.3. The first kappa shape index (κ1) is 13.7. The van der Waals surface area contributed by atoms with Gasteiger partial charge in [-0.15, -0.1) is 0 Å². The number of unbranched alkanes of at least 4 members (excludes halogenated alkanes) is 2. The van der Waals surface area contributed by atoms with Gasteiger partial charge in [-0.2, -0.15) is 0 Å². The smallest absolute Gasteiger partial charge is 0.267 e. The number of nitrogens with zero attached hydrogens (tertiary/aromatic N) is 2. The predicted molar refractivity (Wildman–Crippen MR) is 73.5 cm³/mol. The maximum Gasteiger partial charge on any atom is 0.267 e. The van der Waals surface area contributed by atoms with Gasteiger partial charge in [0.15, 0.2) is 0 Å². The maximum absolute atomic E-state index is 11.3. The summed E-state index contributed by atoms with van der Waals surface area (Å²) >= 11 is 6.65. The van der Waals surface area contributed by atoms with Gasteiger partial charge in [0.2, 0.25) is 0 Å². The van der Waals surface area contributed by atoms with E-state index in [1.807, 2.05) is 11.9 Å². The molecule has 0 aliphatic heterocycles. The van der Waals surface area contributed by atoms with Gasteiger partial charge in [-0.05, 0) is 28.8 Å². The molecule has 1 heterocycles. The molecule has 0 aliphatic carbocycles. The van der Waals surface area contributed by atoms with Crippen molar-refractivity contribution in [2.45, 2.75) is 19.3 Å². The Morgan fingerprint density at radius 1 is 1.44 bits per heavy atom. The van der Waals surface area contributed by atoms with Gasteiger partial charge < -0.3 is 9.88 Å². The zero-order chi connectivity index (χ0) is 12.0. The van der Waals surface area contributed by atoms with E-state index >= 15 is 0 Å². The minimum Gasteiger partial charge on any atom is -0.359 e. The first-order valence-electron chi connectivity index (χ1n) is 5.17. The molecule has 1 rings (SSSR count). The van der Waals surface area contributed by atoms with E-state index in [4.69, 9.17) is 0 Å². The zero-order valence-electron chi connectivity index (χ0n) is 9.17. The Morgan fingerprint density at radius 2 is 2.19 bits per heavy atom. The van der Waals surface area contributed by atoms with E-state index in [-0.39, 0.29) is 5.56 Å². The molecule has 0 bridgehead atoms. The Hall–Kier alpha value is -0.360. The minimum atomic E-state index is -0.141. The van der Waals surface area contributed by atoms with Crippen LogP contribution in [0.1, 0.15) is 19.3 Å². The summed E-state index contributed by atoms with van der Waals surface area (Å²) in [5.74, 6) is 0.697. The SMILES string of the molecule is CN(CCCCCBr)c1nc[nH]c(=O)c1Br. The lowest BCUT2D eigenvalue weighted by atomic mass is 10.2. The predicted octanol–water partition coefficient (Wildman–Crippen LogP) is 2.53. The van der Waals surface area contributed by atoms with Gasteiger partial charge in [-0.3, -0.25) is 4.79 Å². The summed E-state index contributed by atoms with van der Waals surface area (Å²) in [7, 11) is 1.95. The lowest BCUT2D eigenvalue weighted by molar-refractivity contribution is 0.705. The van der Waals surface area contributed by atoms with Gasteiger partial charge in [-0.25, -0.2) is 4.98 Å². The van der Waals surface area contributed by atoms with Crippen LogP contribution in [-0.2, 0) is 0 Å². The molecule has 0 radical (unpaired) electrons. The van der Waals surface area contributed by atoms with E-state index in [1.165, 1.54) is 19.2 Å². The number of alkyl halides is 1. The summed E-state index contributed by atoms with van der Waals surface area (Å²) in [6, 6.07) is 0. The van der Waals surface area contributed by atoms with Gasteiger partial charge >= 0.3 is 0 Å². The first-order valence-corrected chi connectivity index (χ1v) is 7.08. The largest absolute Gasteiger partial charge is 0.359 e. The van der Waals surface area contributed by atoms with E-state index in [9.17, 15) is 4.79 Å². The second kappa shape index (κ2) is 7.06. The molecular formula is C10H15Br2N3O. The average molecular weight is 353 g/mol. The van der Waals surface area contributed by atoms with Crippen LogP contribution in [0.15, 0.2) is 15.6 Å². The summed E-state index contributed by atoms with van der Waals surface area (Å²) in [6.07, 6.45) is 4.88. The lowest BCUT2D eigenvalue weighted by Crippen LogP contribution is -2.23. The Kier molecular flexibility index (Phi) is 6.05. The van der Waals surface area contributed by atoms with Crippen LogP contribution in [0.25, 0.3) is 0 Å². The number of H-pyrrole nitrogens is 1. The van der Waals surface area contributed by atoms with Crippen molar-refractivity contribution in [3.63, 3.8) is 0 Å². The Bertz CT molecular complexity index is 381. The van der Waals surface area contributed by atoms with Gasteiger partial charge in [0, 0.05) is 18.9 Å². The van der Waals surface area contributed by atoms with Gasteiger partial charge in [0.25, 0.3) is 5.56 Å². The van der Waals surface area contributed by atoms with Crippen LogP contribution in [0.5, 0.6) is 0 Å². The van der Waals surface area contributed by atoms with Crippen LogP contribution in [0.2, 0.25) is 0 Å². The van der Waals surface area contributed by atoms with Crippen LogP contribution in [-0.4, -0.2) is 28.9 Å². The fourth-order valence-electron chi connectivity index (χ4n) is 1.37. The number of rotatable bonds is 6. The normalized spacial score (nSPS) is 10.4. The van der Waals surface area contributed by atoms with E-state index in [1.54, 1.807) is 0 Å². The third-order valence-electron chi connectivity index (χ3n) is 2.27. The van der Waals surface area contributed by atoms with Crippen LogP contribution >= 0.6 is 31.9 Å². The summed E-state index contributed by atoms with van der Waals surface area (Å²) in [4.78, 5) is 20.0. The third kappa shape index (κ3) is 3.90. The van der Waals surface area contributed by atoms with E-state index < -0.39 is 0 Å². The molecule has 0 aromatic carbocycles. The van der Waals surface area contributed by atoms with Crippen molar-refractivity contribution in [3.05, 3.63) is 21.2 Å². The molecule has 1 aromatic rings. The van der Waals surface area contributed by atoms with Gasteiger partial charge in [0.05, 0.1) is 6.33 Å². The lowest BCUT2D eigenvalue weighted by Gasteiger charge is -2.18. The van der Waals surface area contributed by atoms with Crippen LogP contribution < -0.4 is 10.5 Å². The van der Waals surface area contributed by atoms with Crippen LogP contribution in [0.3, 0.4) is 0 Å². The molecule has 0 unspecified atom stereocenters. The van der Waals surface area contributed by atoms with Crippen molar-refractivity contribution in [1.82, 2.24) is 9.97 Å². The highest BCUT2D eigenvalue weighted by atomic mass is 79.9. The molecule has 90 valence electrons. The molecule has 4 nitrogen and oxygen atoms in total. The molecule has 6 heteroatoms. The Balaban J connectivity index is 2.56. The molecule has 0 saturated heterocycles. The highest BCUT2D eigenvalue weighted by molar-refractivity contribution is 9.10. The van der Waals surface area contributed by atoms with Crippen molar-refractivity contribution in [1.29, 1.82) is 0 Å². The molecule has 0 fully saturated rings. The standard InChI is InChI=1S/C10H15Br2N3O/c1-15(6-4-2-3-5-11)9-8(12)10(16)14-7-13-9/h7H,2-6H2,1H3,(H,13,14,16). The quantitative estimate of drug-likeness (QED) is 0.632. The third-order valence-corrected chi connectivity index (χ3v) is 3.54. The molecule has 1 aromatic heterocycles. The molecule has 0 spiro atoms. The number of hydrogen-bond donors (Lipinski definition) is 1. The fourth-order valence-corrected chi connectivity index (χ4v) is 2.28. The van der Waals surface area contributed by atoms with Crippen LogP contribution in [0.4, 0.5) is 5.82 Å². The Labute approximate surface area is 112 Å². The molecule has 1 N–H and O–H groups in total. The Morgan fingerprint density at radius 3 is 2.88 bits per heavy atom. The number of halogens is 2. The van der Waals surface area contributed by atoms with Crippen molar-refractivity contribution in [3.8, 4) is 0 Å². The van der Waals surface area contributed by atoms with Crippen molar-refractivity contribution >= 4 is 37.7 Å². The second-order valence-corrected chi connectivity index (χ2v) is 5.13. The molecule has 0 atom stereocenters. The first-order chi connectivity index (χ1) is 7.66. The monoisotopic (exact) mass is 351 g/mol. The van der Waals surface area contributed by atoms with Crippen LogP contribution in [0, 0.1) is 0 Å². The van der Waals surface area contributed by atoms with Gasteiger partial charge in [-0.1, -0.05) is 22.4 Å². The minimum absolute atomic E-state index is 0.141. The van der Waals surface area contributed by atoms with Crippen molar-refractivity contribution in [2.75, 3.05) is 23.8 Å². The van der Waals surface area contributed by atoms with Crippen molar-refractivity contribution in [2.24, 2.45) is 0 Å². The summed E-state index contributed by atoms with van der Waals surface area (Å²) in [5.41, 5.74) is -0.141. The van der Waals surface area contributed by atoms with E-state index in [2.05, 4.69) is 41.8 Å². The number of anilines is 1. The zero-order valence-corrected chi connectivity index (χ0v) is 12.3. The van der Waals surface area contributed by atoms with Crippen molar-refractivity contribution < 1.29 is 0 Å². The molecule has 0 saturated carbocycles. The van der Waals surface area contributed by atoms with E-state index in [0.717, 1.165) is 18.3 Å². The highest BCUT2D eigenvalue weighted by Gasteiger charge is 2.09. The number of aromatic nitrogens is 2. The number of hydrogen-bond acceptors (Lipinski definition) is 3. The topological polar surface area (TPSA) is 49.0 Å². The average Bonchev–Trinajstić information content (AvgIpc) is 2.28. The summed E-state index contributed by atoms with van der Waals surface area (Å²) in [5, 5.41) is 1.05. The molecule has 0 amide bonds. The highest BCUT2D eigenvalue weighted by Crippen LogP contribution is 2.17. The molecular weight excluding hydrogens is 338 g/mol. The summed E-state index contributed by atoms with van der Waals surface area (Å²) in [6.45, 7) is 0.905. The molecule has 0 aliphatic rings. The number of aromatic amines is 1. The second-order valence-electron chi connectivity index (χ2n) is 3.54. The number of nitrogens with one attached hydrogen (secondary N) is 1. The van der Waals surface area contributed by atoms with Gasteiger partial charge in [0.1, 0.15) is 10.3 Å².